The fraction of sp³-hybridized carbons (Fsp3) is 0.900. The molecule has 6 nitrogen and oxygen atoms in total. The van der Waals surface area contributed by atoms with Crippen molar-refractivity contribution in [2.45, 2.75) is 25.5 Å². The van der Waals surface area contributed by atoms with E-state index in [2.05, 4.69) is 0 Å². The van der Waals surface area contributed by atoms with E-state index in [-0.39, 0.29) is 6.42 Å². The van der Waals surface area contributed by atoms with Crippen molar-refractivity contribution >= 4 is 16.0 Å². The van der Waals surface area contributed by atoms with Gasteiger partial charge in [0.2, 0.25) is 10.0 Å². The van der Waals surface area contributed by atoms with Gasteiger partial charge in [0.05, 0.1) is 11.7 Å². The van der Waals surface area contributed by atoms with E-state index in [1.54, 1.807) is 13.8 Å². The molecule has 1 fully saturated rings. The number of carbonyl (C=O) groups is 1. The maximum absolute atomic E-state index is 11.9. The number of carboxylic acid groups (broad SMARTS) is 1. The van der Waals surface area contributed by atoms with E-state index < -0.39 is 21.2 Å². The van der Waals surface area contributed by atoms with Crippen LogP contribution in [0.1, 0.15) is 20.3 Å². The number of nitrogens with zero attached hydrogens (tertiary/aromatic N) is 2. The van der Waals surface area contributed by atoms with Gasteiger partial charge in [-0.25, -0.2) is 8.42 Å². The smallest absolute Gasteiger partial charge is 0.304 e. The molecule has 0 aromatic carbocycles. The van der Waals surface area contributed by atoms with Crippen LogP contribution in [0.25, 0.3) is 0 Å². The van der Waals surface area contributed by atoms with Gasteiger partial charge in [-0.1, -0.05) is 0 Å². The Labute approximate surface area is 102 Å². The number of hydrogen-bond donors (Lipinski definition) is 1. The standard InChI is InChI=1S/C10H20N2O4S/c1-9(2)17(15,16)12-7-5-11(6-8-12)4-3-10(13)14/h9H,3-8H2,1-2H3,(H,13,14). The van der Waals surface area contributed by atoms with Gasteiger partial charge >= 0.3 is 5.97 Å². The second kappa shape index (κ2) is 5.79. The zero-order valence-corrected chi connectivity index (χ0v) is 11.1. The Hall–Kier alpha value is -0.660. The highest BCUT2D eigenvalue weighted by Gasteiger charge is 2.29. The normalized spacial score (nSPS) is 19.7. The predicted octanol–water partition coefficient (Wildman–Crippen LogP) is -0.183. The molecular formula is C10H20N2O4S. The highest BCUT2D eigenvalue weighted by molar-refractivity contribution is 7.89. The first-order chi connectivity index (χ1) is 7.84. The van der Waals surface area contributed by atoms with Crippen molar-refractivity contribution in [3.63, 3.8) is 0 Å². The second-order valence-electron chi connectivity index (χ2n) is 4.48. The van der Waals surface area contributed by atoms with Crippen LogP contribution in [0.5, 0.6) is 0 Å². The molecule has 1 N–H and O–H groups in total. The largest absolute Gasteiger partial charge is 0.481 e. The minimum Gasteiger partial charge on any atom is -0.481 e. The summed E-state index contributed by atoms with van der Waals surface area (Å²) in [5.74, 6) is -0.817. The van der Waals surface area contributed by atoms with Crippen LogP contribution in [0.3, 0.4) is 0 Å². The molecule has 0 bridgehead atoms. The SMILES string of the molecule is CC(C)S(=O)(=O)N1CCN(CCC(=O)O)CC1. The van der Waals surface area contributed by atoms with Crippen LogP contribution in [0.2, 0.25) is 0 Å². The van der Waals surface area contributed by atoms with Gasteiger partial charge in [0.15, 0.2) is 0 Å². The zero-order valence-electron chi connectivity index (χ0n) is 10.3. The molecule has 17 heavy (non-hydrogen) atoms. The van der Waals surface area contributed by atoms with E-state index in [1.165, 1.54) is 4.31 Å². The Bertz CT molecular complexity index is 359. The van der Waals surface area contributed by atoms with Gasteiger partial charge in [-0.3, -0.25) is 4.79 Å². The van der Waals surface area contributed by atoms with Crippen LogP contribution < -0.4 is 0 Å². The average Bonchev–Trinajstić information content (AvgIpc) is 2.26. The zero-order chi connectivity index (χ0) is 13.1. The van der Waals surface area contributed by atoms with Crippen molar-refractivity contribution in [1.29, 1.82) is 0 Å². The van der Waals surface area contributed by atoms with E-state index >= 15 is 0 Å². The second-order valence-corrected chi connectivity index (χ2v) is 6.97. The van der Waals surface area contributed by atoms with Gasteiger partial charge in [0.1, 0.15) is 0 Å². The number of rotatable bonds is 5. The lowest BCUT2D eigenvalue weighted by atomic mass is 10.3. The monoisotopic (exact) mass is 264 g/mol. The number of aliphatic carboxylic acids is 1. The summed E-state index contributed by atoms with van der Waals surface area (Å²) in [6, 6.07) is 0. The van der Waals surface area contributed by atoms with E-state index in [0.717, 1.165) is 0 Å². The summed E-state index contributed by atoms with van der Waals surface area (Å²) in [7, 11) is -3.16. The molecule has 0 saturated carbocycles. The Morgan fingerprint density at radius 1 is 1.24 bits per heavy atom. The summed E-state index contributed by atoms with van der Waals surface area (Å²) in [6.07, 6.45) is 0.108. The van der Waals surface area contributed by atoms with E-state index in [4.69, 9.17) is 5.11 Å². The number of piperazine rings is 1. The van der Waals surface area contributed by atoms with Crippen LogP contribution >= 0.6 is 0 Å². The van der Waals surface area contributed by atoms with Gasteiger partial charge in [-0.2, -0.15) is 4.31 Å². The highest BCUT2D eigenvalue weighted by Crippen LogP contribution is 2.12. The summed E-state index contributed by atoms with van der Waals surface area (Å²) in [4.78, 5) is 12.4. The highest BCUT2D eigenvalue weighted by atomic mass is 32.2. The van der Waals surface area contributed by atoms with Gasteiger partial charge in [-0.05, 0) is 13.8 Å². The molecule has 1 aliphatic rings. The molecule has 0 spiro atoms. The third kappa shape index (κ3) is 3.93. The molecule has 1 aliphatic heterocycles. The summed E-state index contributed by atoms with van der Waals surface area (Å²) >= 11 is 0. The minimum absolute atomic E-state index is 0.108. The van der Waals surface area contributed by atoms with Crippen LogP contribution in [-0.2, 0) is 14.8 Å². The summed E-state index contributed by atoms with van der Waals surface area (Å²) in [5, 5.41) is 8.17. The Morgan fingerprint density at radius 3 is 2.18 bits per heavy atom. The first-order valence-electron chi connectivity index (χ1n) is 5.77. The molecular weight excluding hydrogens is 244 g/mol. The van der Waals surface area contributed by atoms with Crippen molar-refractivity contribution < 1.29 is 18.3 Å². The first-order valence-corrected chi connectivity index (χ1v) is 7.27. The topological polar surface area (TPSA) is 77.9 Å². The molecule has 0 amide bonds. The van der Waals surface area contributed by atoms with Crippen molar-refractivity contribution in [2.75, 3.05) is 32.7 Å². The summed E-state index contributed by atoms with van der Waals surface area (Å²) < 4.78 is 25.2. The summed E-state index contributed by atoms with van der Waals surface area (Å²) in [5.41, 5.74) is 0. The third-order valence-corrected chi connectivity index (χ3v) is 5.21. The molecule has 7 heteroatoms. The molecule has 0 aliphatic carbocycles. The lowest BCUT2D eigenvalue weighted by Crippen LogP contribution is -2.50. The Kier molecular flexibility index (Phi) is 4.91. The maximum Gasteiger partial charge on any atom is 0.304 e. The van der Waals surface area contributed by atoms with E-state index in [1.807, 2.05) is 4.90 Å². The lowest BCUT2D eigenvalue weighted by molar-refractivity contribution is -0.137. The minimum atomic E-state index is -3.16. The van der Waals surface area contributed by atoms with Crippen LogP contribution in [-0.4, -0.2) is 66.7 Å². The van der Waals surface area contributed by atoms with Crippen molar-refractivity contribution in [3.05, 3.63) is 0 Å². The molecule has 0 atom stereocenters. The first kappa shape index (κ1) is 14.4. The number of hydrogen-bond acceptors (Lipinski definition) is 4. The molecule has 0 aromatic rings. The molecule has 100 valence electrons. The van der Waals surface area contributed by atoms with Crippen LogP contribution in [0, 0.1) is 0 Å². The van der Waals surface area contributed by atoms with Gasteiger partial charge in [-0.15, -0.1) is 0 Å². The number of sulfonamides is 1. The van der Waals surface area contributed by atoms with E-state index in [9.17, 15) is 13.2 Å². The lowest BCUT2D eigenvalue weighted by Gasteiger charge is -2.34. The van der Waals surface area contributed by atoms with E-state index in [0.29, 0.717) is 32.7 Å². The van der Waals surface area contributed by atoms with Crippen LogP contribution in [0.15, 0.2) is 0 Å². The van der Waals surface area contributed by atoms with Crippen LogP contribution in [0.4, 0.5) is 0 Å². The molecule has 1 saturated heterocycles. The molecule has 0 aromatic heterocycles. The average molecular weight is 264 g/mol. The fourth-order valence-corrected chi connectivity index (χ4v) is 3.03. The maximum atomic E-state index is 11.9. The quantitative estimate of drug-likeness (QED) is 0.745. The van der Waals surface area contributed by atoms with Crippen molar-refractivity contribution in [3.8, 4) is 0 Å². The molecule has 1 heterocycles. The van der Waals surface area contributed by atoms with Crippen molar-refractivity contribution in [1.82, 2.24) is 9.21 Å². The van der Waals surface area contributed by atoms with Crippen molar-refractivity contribution in [2.24, 2.45) is 0 Å². The van der Waals surface area contributed by atoms with Gasteiger partial charge in [0.25, 0.3) is 0 Å². The Morgan fingerprint density at radius 2 is 1.76 bits per heavy atom. The summed E-state index contributed by atoms with van der Waals surface area (Å²) in [6.45, 7) is 5.97. The molecule has 0 unspecified atom stereocenters. The predicted molar refractivity (Wildman–Crippen MR) is 64.3 cm³/mol. The number of carboxylic acids is 1. The Balaban J connectivity index is 2.43. The third-order valence-electron chi connectivity index (χ3n) is 2.93. The van der Waals surface area contributed by atoms with Gasteiger partial charge < -0.3 is 10.0 Å². The molecule has 1 rings (SSSR count). The van der Waals surface area contributed by atoms with Gasteiger partial charge in [0, 0.05) is 32.7 Å². The fourth-order valence-electron chi connectivity index (χ4n) is 1.76. The molecule has 0 radical (unpaired) electrons.